The van der Waals surface area contributed by atoms with E-state index in [2.05, 4.69) is 0 Å². The van der Waals surface area contributed by atoms with Gasteiger partial charge in [-0.05, 0) is 0 Å². The van der Waals surface area contributed by atoms with Gasteiger partial charge >= 0.3 is 0 Å². The van der Waals surface area contributed by atoms with Crippen molar-refractivity contribution in [1.29, 1.82) is 0 Å². The second-order valence-electron chi connectivity index (χ2n) is 2.23. The summed E-state index contributed by atoms with van der Waals surface area (Å²) in [6, 6.07) is -0.606. The molecule has 0 fully saturated rings. The second kappa shape index (κ2) is 4.38. The van der Waals surface area contributed by atoms with Crippen molar-refractivity contribution in [3.8, 4) is 0 Å². The fraction of sp³-hybridized carbons (Fsp3) is 0.833. The molecule has 0 bridgehead atoms. The van der Waals surface area contributed by atoms with Crippen LogP contribution in [0.25, 0.3) is 0 Å². The number of ketones is 1. The van der Waals surface area contributed by atoms with Crippen molar-refractivity contribution in [3.05, 3.63) is 0 Å². The van der Waals surface area contributed by atoms with E-state index in [0.717, 1.165) is 0 Å². The molecule has 0 radical (unpaired) electrons. The summed E-state index contributed by atoms with van der Waals surface area (Å²) in [5, 5.41) is 8.61. The van der Waals surface area contributed by atoms with Gasteiger partial charge in [0.05, 0.1) is 6.04 Å². The number of aliphatic hydroxyl groups is 1. The van der Waals surface area contributed by atoms with Crippen molar-refractivity contribution >= 4 is 5.78 Å². The Kier molecular flexibility index (Phi) is 4.18. The Balaban J connectivity index is 3.61. The summed E-state index contributed by atoms with van der Waals surface area (Å²) in [4.78, 5) is 10.8. The molecular formula is C6H14N2O2. The number of hydrogen-bond donors (Lipinski definition) is 3. The third kappa shape index (κ3) is 3.55. The molecule has 0 spiro atoms. The van der Waals surface area contributed by atoms with Gasteiger partial charge in [-0.25, -0.2) is 0 Å². The maximum Gasteiger partial charge on any atom is 0.149 e. The summed E-state index contributed by atoms with van der Waals surface area (Å²) < 4.78 is 0. The quantitative estimate of drug-likeness (QED) is 0.442. The van der Waals surface area contributed by atoms with Crippen LogP contribution in [0.1, 0.15) is 19.8 Å². The molecule has 2 atom stereocenters. The molecule has 0 aromatic carbocycles. The molecule has 0 aliphatic carbocycles. The lowest BCUT2D eigenvalue weighted by molar-refractivity contribution is -0.120. The molecule has 0 amide bonds. The minimum atomic E-state index is -0.981. The lowest BCUT2D eigenvalue weighted by atomic mass is 10.1. The average Bonchev–Trinajstić information content (AvgIpc) is 1.85. The molecule has 10 heavy (non-hydrogen) atoms. The highest BCUT2D eigenvalue weighted by Crippen LogP contribution is 1.94. The zero-order valence-corrected chi connectivity index (χ0v) is 6.08. The first-order valence-electron chi connectivity index (χ1n) is 3.29. The number of nitrogens with two attached hydrogens (primary N) is 2. The summed E-state index contributed by atoms with van der Waals surface area (Å²) in [5.41, 5.74) is 10.3. The van der Waals surface area contributed by atoms with Crippen LogP contribution in [0.15, 0.2) is 0 Å². The minimum absolute atomic E-state index is 0.0653. The Morgan fingerprint density at radius 1 is 1.60 bits per heavy atom. The van der Waals surface area contributed by atoms with Crippen molar-refractivity contribution in [2.75, 3.05) is 0 Å². The van der Waals surface area contributed by atoms with Crippen LogP contribution in [-0.4, -0.2) is 23.2 Å². The Morgan fingerprint density at radius 2 is 2.10 bits per heavy atom. The predicted molar refractivity (Wildman–Crippen MR) is 38.1 cm³/mol. The van der Waals surface area contributed by atoms with Gasteiger partial charge < -0.3 is 16.6 Å². The van der Waals surface area contributed by atoms with E-state index in [1.807, 2.05) is 0 Å². The molecule has 0 rings (SSSR count). The maximum absolute atomic E-state index is 10.8. The molecule has 0 aromatic heterocycles. The number of aliphatic hydroxyl groups excluding tert-OH is 1. The predicted octanol–water partition coefficient (Wildman–Crippen LogP) is -1.04. The Hall–Kier alpha value is -0.450. The normalized spacial score (nSPS) is 16.4. The average molecular weight is 146 g/mol. The highest BCUT2D eigenvalue weighted by atomic mass is 16.3. The fourth-order valence-corrected chi connectivity index (χ4v) is 0.654. The summed E-state index contributed by atoms with van der Waals surface area (Å²) in [6.45, 7) is 1.73. The van der Waals surface area contributed by atoms with Crippen LogP contribution in [0.3, 0.4) is 0 Å². The summed E-state index contributed by atoms with van der Waals surface area (Å²) >= 11 is 0. The van der Waals surface area contributed by atoms with Crippen molar-refractivity contribution in [1.82, 2.24) is 0 Å². The molecule has 4 nitrogen and oxygen atoms in total. The van der Waals surface area contributed by atoms with Gasteiger partial charge in [-0.3, -0.25) is 4.79 Å². The van der Waals surface area contributed by atoms with E-state index in [4.69, 9.17) is 16.6 Å². The summed E-state index contributed by atoms with van der Waals surface area (Å²) in [6.07, 6.45) is -0.439. The van der Waals surface area contributed by atoms with Crippen molar-refractivity contribution in [2.24, 2.45) is 11.5 Å². The molecule has 0 aliphatic heterocycles. The molecular weight excluding hydrogens is 132 g/mol. The number of carbonyl (C=O) groups excluding carboxylic acids is 1. The molecule has 5 N–H and O–H groups in total. The van der Waals surface area contributed by atoms with Crippen LogP contribution in [0, 0.1) is 0 Å². The van der Waals surface area contributed by atoms with Gasteiger partial charge in [0.25, 0.3) is 0 Å². The van der Waals surface area contributed by atoms with Gasteiger partial charge in [-0.2, -0.15) is 0 Å². The maximum atomic E-state index is 10.8. The molecule has 0 aliphatic rings. The number of hydrogen-bond acceptors (Lipinski definition) is 4. The van der Waals surface area contributed by atoms with Crippen molar-refractivity contribution in [2.45, 2.75) is 32.0 Å². The zero-order valence-electron chi connectivity index (χ0n) is 6.08. The van der Waals surface area contributed by atoms with Gasteiger partial charge in [-0.1, -0.05) is 6.92 Å². The minimum Gasteiger partial charge on any atom is -0.379 e. The smallest absolute Gasteiger partial charge is 0.149 e. The Morgan fingerprint density at radius 3 is 2.40 bits per heavy atom. The van der Waals surface area contributed by atoms with E-state index in [0.29, 0.717) is 6.42 Å². The van der Waals surface area contributed by atoms with E-state index in [9.17, 15) is 4.79 Å². The molecule has 0 saturated heterocycles. The summed E-state index contributed by atoms with van der Waals surface area (Å²) in [5.74, 6) is -0.0653. The van der Waals surface area contributed by atoms with Gasteiger partial charge in [0.1, 0.15) is 12.0 Å². The SMILES string of the molecule is CCC(=O)[C@@H](N)CC(N)O. The summed E-state index contributed by atoms with van der Waals surface area (Å²) in [7, 11) is 0. The van der Waals surface area contributed by atoms with Crippen LogP contribution in [0.2, 0.25) is 0 Å². The van der Waals surface area contributed by atoms with Crippen molar-refractivity contribution in [3.63, 3.8) is 0 Å². The molecule has 60 valence electrons. The van der Waals surface area contributed by atoms with E-state index in [-0.39, 0.29) is 12.2 Å². The number of carbonyl (C=O) groups is 1. The van der Waals surface area contributed by atoms with E-state index < -0.39 is 12.3 Å². The molecule has 1 unspecified atom stereocenters. The van der Waals surface area contributed by atoms with E-state index in [1.54, 1.807) is 6.92 Å². The third-order valence-corrected chi connectivity index (χ3v) is 1.26. The number of rotatable bonds is 4. The molecule has 0 aromatic rings. The Bertz CT molecular complexity index is 114. The van der Waals surface area contributed by atoms with Crippen molar-refractivity contribution < 1.29 is 9.90 Å². The zero-order chi connectivity index (χ0) is 8.15. The monoisotopic (exact) mass is 146 g/mol. The van der Waals surface area contributed by atoms with Gasteiger partial charge in [0.2, 0.25) is 0 Å². The highest BCUT2D eigenvalue weighted by Gasteiger charge is 2.12. The first-order chi connectivity index (χ1) is 4.57. The molecule has 4 heteroatoms. The highest BCUT2D eigenvalue weighted by molar-refractivity contribution is 5.83. The lowest BCUT2D eigenvalue weighted by Crippen LogP contribution is -2.36. The van der Waals surface area contributed by atoms with Crippen LogP contribution >= 0.6 is 0 Å². The van der Waals surface area contributed by atoms with E-state index in [1.165, 1.54) is 0 Å². The number of Topliss-reactive ketones (excluding diaryl/α,β-unsaturated/α-hetero) is 1. The topological polar surface area (TPSA) is 89.3 Å². The van der Waals surface area contributed by atoms with Gasteiger partial charge in [0, 0.05) is 12.8 Å². The molecule has 0 heterocycles. The first-order valence-corrected chi connectivity index (χ1v) is 3.29. The fourth-order valence-electron chi connectivity index (χ4n) is 0.654. The van der Waals surface area contributed by atoms with Crippen LogP contribution in [-0.2, 0) is 4.79 Å². The van der Waals surface area contributed by atoms with Gasteiger partial charge in [-0.15, -0.1) is 0 Å². The van der Waals surface area contributed by atoms with E-state index >= 15 is 0 Å². The second-order valence-corrected chi connectivity index (χ2v) is 2.23. The first kappa shape index (κ1) is 9.55. The van der Waals surface area contributed by atoms with Gasteiger partial charge in [0.15, 0.2) is 0 Å². The van der Waals surface area contributed by atoms with Crippen LogP contribution < -0.4 is 11.5 Å². The lowest BCUT2D eigenvalue weighted by Gasteiger charge is -2.10. The standard InChI is InChI=1S/C6H14N2O2/c1-2-5(9)4(7)3-6(8)10/h4,6,10H,2-3,7-8H2,1H3/t4-,6?/m0/s1. The van der Waals surface area contributed by atoms with Crippen LogP contribution in [0.5, 0.6) is 0 Å². The third-order valence-electron chi connectivity index (χ3n) is 1.26. The van der Waals surface area contributed by atoms with Crippen LogP contribution in [0.4, 0.5) is 0 Å². The largest absolute Gasteiger partial charge is 0.379 e. The Labute approximate surface area is 60.2 Å². The molecule has 0 saturated carbocycles.